The van der Waals surface area contributed by atoms with E-state index in [4.69, 9.17) is 0 Å². The lowest BCUT2D eigenvalue weighted by Crippen LogP contribution is -2.35. The first-order chi connectivity index (χ1) is 15.9. The summed E-state index contributed by atoms with van der Waals surface area (Å²) in [5.41, 5.74) is 0.740. The SMILES string of the molecule is CC1CCN(c2nc(C(F)(F)F)ccc2CNC(=O)Nc2ccc(CNS(C)(=O)=O)cc2)CC1. The van der Waals surface area contributed by atoms with Gasteiger partial charge in [-0.05, 0) is 42.5 Å². The standard InChI is InChI=1S/C22H28F3N5O3S/c1-15-9-11-30(12-10-15)20-17(5-8-19(29-20)22(23,24)25)14-26-21(31)28-18-6-3-16(4-7-18)13-27-34(2,32)33/h3-8,15,27H,9-14H2,1-2H3,(H2,26,28,31). The monoisotopic (exact) mass is 499 g/mol. The maximum absolute atomic E-state index is 13.2. The number of anilines is 2. The molecule has 1 aromatic heterocycles. The first-order valence-corrected chi connectivity index (χ1v) is 12.7. The lowest BCUT2D eigenvalue weighted by atomic mass is 9.99. The Morgan fingerprint density at radius 2 is 1.74 bits per heavy atom. The molecule has 2 aromatic rings. The van der Waals surface area contributed by atoms with Crippen molar-refractivity contribution in [2.24, 2.45) is 5.92 Å². The van der Waals surface area contributed by atoms with Gasteiger partial charge in [-0.1, -0.05) is 25.1 Å². The third kappa shape index (κ3) is 7.59. The predicted octanol–water partition coefficient (Wildman–Crippen LogP) is 3.71. The van der Waals surface area contributed by atoms with E-state index in [-0.39, 0.29) is 18.9 Å². The molecule has 2 heterocycles. The van der Waals surface area contributed by atoms with Gasteiger partial charge in [-0.25, -0.2) is 22.9 Å². The Morgan fingerprint density at radius 1 is 1.09 bits per heavy atom. The minimum absolute atomic E-state index is 0.00865. The van der Waals surface area contributed by atoms with Crippen LogP contribution in [0.5, 0.6) is 0 Å². The summed E-state index contributed by atoms with van der Waals surface area (Å²) in [4.78, 5) is 18.1. The quantitative estimate of drug-likeness (QED) is 0.539. The van der Waals surface area contributed by atoms with Crippen molar-refractivity contribution < 1.29 is 26.4 Å². The smallest absolute Gasteiger partial charge is 0.356 e. The molecule has 1 aliphatic rings. The Hall–Kier alpha value is -2.86. The molecule has 186 valence electrons. The largest absolute Gasteiger partial charge is 0.433 e. The number of halogens is 3. The number of nitrogens with zero attached hydrogens (tertiary/aromatic N) is 2. The van der Waals surface area contributed by atoms with Crippen LogP contribution in [0.3, 0.4) is 0 Å². The van der Waals surface area contributed by atoms with Crippen molar-refractivity contribution in [3.63, 3.8) is 0 Å². The second kappa shape index (κ2) is 10.6. The molecule has 0 aliphatic carbocycles. The highest BCUT2D eigenvalue weighted by Crippen LogP contribution is 2.32. The van der Waals surface area contributed by atoms with Crippen molar-refractivity contribution in [3.8, 4) is 0 Å². The molecule has 1 aromatic carbocycles. The van der Waals surface area contributed by atoms with Crippen molar-refractivity contribution >= 4 is 27.6 Å². The molecule has 0 saturated carbocycles. The van der Waals surface area contributed by atoms with Gasteiger partial charge in [-0.2, -0.15) is 13.2 Å². The van der Waals surface area contributed by atoms with Gasteiger partial charge in [0.1, 0.15) is 11.5 Å². The highest BCUT2D eigenvalue weighted by Gasteiger charge is 2.34. The Labute approximate surface area is 197 Å². The van der Waals surface area contributed by atoms with E-state index >= 15 is 0 Å². The molecule has 2 amide bonds. The van der Waals surface area contributed by atoms with Gasteiger partial charge >= 0.3 is 12.2 Å². The number of hydrogen-bond acceptors (Lipinski definition) is 5. The lowest BCUT2D eigenvalue weighted by molar-refractivity contribution is -0.141. The minimum Gasteiger partial charge on any atom is -0.356 e. The molecule has 12 heteroatoms. The number of carbonyl (C=O) groups is 1. The zero-order valence-electron chi connectivity index (χ0n) is 18.9. The third-order valence-corrected chi connectivity index (χ3v) is 6.19. The number of hydrogen-bond donors (Lipinski definition) is 3. The number of amides is 2. The maximum atomic E-state index is 13.2. The van der Waals surface area contributed by atoms with Gasteiger partial charge in [0.15, 0.2) is 0 Å². The molecule has 1 saturated heterocycles. The molecule has 0 spiro atoms. The highest BCUT2D eigenvalue weighted by molar-refractivity contribution is 7.88. The fourth-order valence-corrected chi connectivity index (χ4v) is 3.97. The predicted molar refractivity (Wildman–Crippen MR) is 124 cm³/mol. The van der Waals surface area contributed by atoms with Gasteiger partial charge < -0.3 is 15.5 Å². The summed E-state index contributed by atoms with van der Waals surface area (Å²) in [6, 6.07) is 8.34. The maximum Gasteiger partial charge on any atom is 0.433 e. The normalized spacial score (nSPS) is 15.3. The van der Waals surface area contributed by atoms with E-state index in [1.54, 1.807) is 24.3 Å². The lowest BCUT2D eigenvalue weighted by Gasteiger charge is -2.33. The van der Waals surface area contributed by atoms with E-state index in [0.717, 1.165) is 25.2 Å². The molecule has 8 nitrogen and oxygen atoms in total. The van der Waals surface area contributed by atoms with Crippen molar-refractivity contribution in [3.05, 3.63) is 53.2 Å². The van der Waals surface area contributed by atoms with Crippen LogP contribution in [0.2, 0.25) is 0 Å². The van der Waals surface area contributed by atoms with E-state index < -0.39 is 27.9 Å². The molecule has 1 fully saturated rings. The van der Waals surface area contributed by atoms with Crippen LogP contribution in [0.4, 0.5) is 29.5 Å². The molecule has 34 heavy (non-hydrogen) atoms. The molecule has 3 N–H and O–H groups in total. The van der Waals surface area contributed by atoms with Crippen LogP contribution in [0, 0.1) is 5.92 Å². The van der Waals surface area contributed by atoms with Gasteiger partial charge in [-0.3, -0.25) is 0 Å². The molecule has 3 rings (SSSR count). The molecule has 1 aliphatic heterocycles. The van der Waals surface area contributed by atoms with Gasteiger partial charge in [-0.15, -0.1) is 0 Å². The van der Waals surface area contributed by atoms with E-state index in [9.17, 15) is 26.4 Å². The van der Waals surface area contributed by atoms with E-state index in [2.05, 4.69) is 27.3 Å². The average Bonchev–Trinajstić information content (AvgIpc) is 2.76. The van der Waals surface area contributed by atoms with Crippen LogP contribution < -0.4 is 20.3 Å². The van der Waals surface area contributed by atoms with Crippen LogP contribution in [-0.4, -0.2) is 38.8 Å². The first kappa shape index (κ1) is 25.8. The molecule has 0 radical (unpaired) electrons. The van der Waals surface area contributed by atoms with Crippen LogP contribution >= 0.6 is 0 Å². The number of aromatic nitrogens is 1. The highest BCUT2D eigenvalue weighted by atomic mass is 32.2. The van der Waals surface area contributed by atoms with Crippen molar-refractivity contribution in [2.75, 3.05) is 29.6 Å². The first-order valence-electron chi connectivity index (χ1n) is 10.8. The summed E-state index contributed by atoms with van der Waals surface area (Å²) in [7, 11) is -3.31. The van der Waals surface area contributed by atoms with E-state index in [1.165, 1.54) is 6.07 Å². The number of alkyl halides is 3. The molecule has 0 atom stereocenters. The number of sulfonamides is 1. The van der Waals surface area contributed by atoms with Gasteiger partial charge in [0.25, 0.3) is 0 Å². The van der Waals surface area contributed by atoms with Crippen LogP contribution in [0.1, 0.15) is 36.6 Å². The Kier molecular flexibility index (Phi) is 8.03. The fourth-order valence-electron chi connectivity index (χ4n) is 3.54. The molecular formula is C22H28F3N5O3S. The number of pyridine rings is 1. The van der Waals surface area contributed by atoms with Crippen LogP contribution in [0.15, 0.2) is 36.4 Å². The van der Waals surface area contributed by atoms with E-state index in [0.29, 0.717) is 35.8 Å². The third-order valence-electron chi connectivity index (χ3n) is 5.52. The van der Waals surface area contributed by atoms with Gasteiger partial charge in [0.05, 0.1) is 6.26 Å². The van der Waals surface area contributed by atoms with Gasteiger partial charge in [0, 0.05) is 37.4 Å². The Morgan fingerprint density at radius 3 is 2.32 bits per heavy atom. The van der Waals surface area contributed by atoms with Crippen molar-refractivity contribution in [2.45, 2.75) is 39.0 Å². The number of rotatable bonds is 7. The topological polar surface area (TPSA) is 103 Å². The average molecular weight is 500 g/mol. The number of nitrogens with one attached hydrogen (secondary N) is 3. The van der Waals surface area contributed by atoms with Crippen LogP contribution in [0.25, 0.3) is 0 Å². The van der Waals surface area contributed by atoms with Gasteiger partial charge in [0.2, 0.25) is 10.0 Å². The second-order valence-corrected chi connectivity index (χ2v) is 10.3. The summed E-state index contributed by atoms with van der Waals surface area (Å²) < 4.78 is 64.4. The number of carbonyl (C=O) groups excluding carboxylic acids is 1. The van der Waals surface area contributed by atoms with E-state index in [1.807, 2.05) is 4.90 Å². The fraction of sp³-hybridized carbons (Fsp3) is 0.455. The number of urea groups is 1. The Bertz CT molecular complexity index is 1100. The van der Waals surface area contributed by atoms with Crippen molar-refractivity contribution in [1.82, 2.24) is 15.0 Å². The summed E-state index contributed by atoms with van der Waals surface area (Å²) in [6.45, 7) is 3.46. The summed E-state index contributed by atoms with van der Waals surface area (Å²) >= 11 is 0. The number of benzene rings is 1. The zero-order chi connectivity index (χ0) is 24.9. The minimum atomic E-state index is -4.55. The molecule has 0 unspecified atom stereocenters. The van der Waals surface area contributed by atoms with Crippen molar-refractivity contribution in [1.29, 1.82) is 0 Å². The zero-order valence-corrected chi connectivity index (χ0v) is 19.8. The summed E-state index contributed by atoms with van der Waals surface area (Å²) in [5, 5.41) is 5.31. The number of piperidine rings is 1. The Balaban J connectivity index is 1.64. The second-order valence-electron chi connectivity index (χ2n) is 8.44. The summed E-state index contributed by atoms with van der Waals surface area (Å²) in [5.74, 6) is 0.743. The van der Waals surface area contributed by atoms with Crippen LogP contribution in [-0.2, 0) is 29.3 Å². The molecule has 0 bridgehead atoms. The molecular weight excluding hydrogens is 471 g/mol. The summed E-state index contributed by atoms with van der Waals surface area (Å²) in [6.07, 6.45) is -1.76.